The predicted octanol–water partition coefficient (Wildman–Crippen LogP) is 3.37. The molecular formula is C22H18ClF4N3O4. The molecular weight excluding hydrogens is 482 g/mol. The molecule has 3 aliphatic rings. The molecule has 1 aromatic heterocycles. The van der Waals surface area contributed by atoms with Crippen LogP contribution < -0.4 is 15.4 Å². The number of alkyl halides is 3. The van der Waals surface area contributed by atoms with E-state index in [-0.39, 0.29) is 22.9 Å². The van der Waals surface area contributed by atoms with E-state index in [1.165, 1.54) is 18.2 Å². The lowest BCUT2D eigenvalue weighted by Gasteiger charge is -2.51. The van der Waals surface area contributed by atoms with Gasteiger partial charge in [0.05, 0.1) is 16.7 Å². The molecule has 0 saturated heterocycles. The number of pyridine rings is 1. The van der Waals surface area contributed by atoms with E-state index in [0.717, 1.165) is 18.2 Å². The zero-order chi connectivity index (χ0) is 24.7. The summed E-state index contributed by atoms with van der Waals surface area (Å²) in [6.07, 6.45) is -5.11. The van der Waals surface area contributed by atoms with Crippen LogP contribution in [0.15, 0.2) is 47.7 Å². The molecule has 2 bridgehead atoms. The van der Waals surface area contributed by atoms with Crippen molar-refractivity contribution >= 4 is 23.4 Å². The molecule has 34 heavy (non-hydrogen) atoms. The van der Waals surface area contributed by atoms with Gasteiger partial charge in [0.1, 0.15) is 23.0 Å². The van der Waals surface area contributed by atoms with Crippen molar-refractivity contribution in [3.63, 3.8) is 0 Å². The van der Waals surface area contributed by atoms with E-state index in [1.807, 2.05) is 0 Å². The van der Waals surface area contributed by atoms with E-state index in [1.54, 1.807) is 0 Å². The van der Waals surface area contributed by atoms with E-state index in [2.05, 4.69) is 15.6 Å². The van der Waals surface area contributed by atoms with Gasteiger partial charge in [-0.25, -0.2) is 9.37 Å². The van der Waals surface area contributed by atoms with Crippen LogP contribution in [0.3, 0.4) is 0 Å². The standard InChI is InChI=1S/C22H18ClF4N3O4/c23-13-5-4-12(6-14(13)24)34-10-18(32)29-19-11-7-21(8-11,9-16(19)31)30-20(33)15-2-1-3-17(28-15)22(25,26)27/h1-6,16,31H,7-10H2,(H,29,32)(H,30,33). The lowest BCUT2D eigenvalue weighted by molar-refractivity contribution is -0.141. The Morgan fingerprint density at radius 2 is 1.97 bits per heavy atom. The van der Waals surface area contributed by atoms with Crippen LogP contribution in [0.25, 0.3) is 0 Å². The highest BCUT2D eigenvalue weighted by Crippen LogP contribution is 2.48. The Morgan fingerprint density at radius 1 is 1.24 bits per heavy atom. The molecule has 5 rings (SSSR count). The number of benzene rings is 1. The van der Waals surface area contributed by atoms with Gasteiger partial charge in [-0.2, -0.15) is 13.2 Å². The average molecular weight is 500 g/mol. The van der Waals surface area contributed by atoms with E-state index in [9.17, 15) is 32.3 Å². The molecule has 1 saturated carbocycles. The second-order valence-corrected chi connectivity index (χ2v) is 8.55. The first-order valence-electron chi connectivity index (χ1n) is 10.1. The molecule has 3 aliphatic carbocycles. The SMILES string of the molecule is O=C(COc1ccc(Cl)c(F)c1)NC1=C2CC(NC(=O)c3cccc(C(F)(F)F)n3)(C2)CC1O. The highest BCUT2D eigenvalue weighted by atomic mass is 35.5. The molecule has 1 atom stereocenters. The minimum Gasteiger partial charge on any atom is -0.484 e. The molecule has 1 unspecified atom stereocenters. The third-order valence-corrected chi connectivity index (χ3v) is 5.89. The van der Waals surface area contributed by atoms with E-state index in [0.29, 0.717) is 24.1 Å². The van der Waals surface area contributed by atoms with Crippen LogP contribution in [-0.2, 0) is 11.0 Å². The first kappa shape index (κ1) is 24.0. The summed E-state index contributed by atoms with van der Waals surface area (Å²) >= 11 is 5.59. The number of carbonyl (C=O) groups excluding carboxylic acids is 2. The zero-order valence-electron chi connectivity index (χ0n) is 17.4. The third-order valence-electron chi connectivity index (χ3n) is 5.59. The van der Waals surface area contributed by atoms with Crippen molar-refractivity contribution in [3.8, 4) is 5.75 Å². The maximum atomic E-state index is 13.5. The second kappa shape index (κ2) is 8.88. The van der Waals surface area contributed by atoms with Crippen LogP contribution in [0.1, 0.15) is 35.4 Å². The number of amides is 2. The number of nitrogens with zero attached hydrogens (tertiary/aromatic N) is 1. The molecule has 1 fully saturated rings. The number of ether oxygens (including phenoxy) is 1. The lowest BCUT2D eigenvalue weighted by Crippen LogP contribution is -2.61. The van der Waals surface area contributed by atoms with Crippen molar-refractivity contribution in [2.75, 3.05) is 6.61 Å². The number of rotatable bonds is 6. The first-order chi connectivity index (χ1) is 16.0. The van der Waals surface area contributed by atoms with Gasteiger partial charge in [0, 0.05) is 18.2 Å². The minimum absolute atomic E-state index is 0.0556. The Hall–Kier alpha value is -3.18. The molecule has 2 amide bonds. The molecule has 12 heteroatoms. The fourth-order valence-corrected chi connectivity index (χ4v) is 4.16. The number of carbonyl (C=O) groups is 2. The van der Waals surface area contributed by atoms with Crippen molar-refractivity contribution in [1.82, 2.24) is 15.6 Å². The summed E-state index contributed by atoms with van der Waals surface area (Å²) in [7, 11) is 0. The van der Waals surface area contributed by atoms with Gasteiger partial charge in [-0.15, -0.1) is 0 Å². The number of nitrogens with one attached hydrogen (secondary N) is 2. The van der Waals surface area contributed by atoms with Crippen molar-refractivity contribution in [3.05, 3.63) is 69.9 Å². The van der Waals surface area contributed by atoms with Gasteiger partial charge in [-0.1, -0.05) is 17.7 Å². The Kier molecular flexibility index (Phi) is 6.26. The molecule has 2 aromatic rings. The smallest absolute Gasteiger partial charge is 0.433 e. The molecule has 1 heterocycles. The topological polar surface area (TPSA) is 101 Å². The summed E-state index contributed by atoms with van der Waals surface area (Å²) in [6.45, 7) is -0.437. The number of aliphatic hydroxyl groups is 1. The Balaban J connectivity index is 1.35. The zero-order valence-corrected chi connectivity index (χ0v) is 18.1. The summed E-state index contributed by atoms with van der Waals surface area (Å²) in [5, 5.41) is 15.6. The summed E-state index contributed by atoms with van der Waals surface area (Å²) in [4.78, 5) is 28.1. The van der Waals surface area contributed by atoms with Gasteiger partial charge in [0.15, 0.2) is 6.61 Å². The summed E-state index contributed by atoms with van der Waals surface area (Å²) < 4.78 is 57.3. The average Bonchev–Trinajstić information content (AvgIpc) is 2.75. The van der Waals surface area contributed by atoms with Crippen molar-refractivity contribution in [1.29, 1.82) is 0 Å². The van der Waals surface area contributed by atoms with Gasteiger partial charge < -0.3 is 20.5 Å². The fraction of sp³-hybridized carbons (Fsp3) is 0.318. The molecule has 0 aliphatic heterocycles. The maximum absolute atomic E-state index is 13.5. The maximum Gasteiger partial charge on any atom is 0.433 e. The summed E-state index contributed by atoms with van der Waals surface area (Å²) in [5.41, 5.74) is -1.41. The predicted molar refractivity (Wildman–Crippen MR) is 111 cm³/mol. The Labute approximate surface area is 195 Å². The molecule has 1 aromatic carbocycles. The van der Waals surface area contributed by atoms with Gasteiger partial charge in [0.25, 0.3) is 11.8 Å². The number of aromatic nitrogens is 1. The van der Waals surface area contributed by atoms with Crippen LogP contribution in [0.5, 0.6) is 5.75 Å². The summed E-state index contributed by atoms with van der Waals surface area (Å²) in [6, 6.07) is 6.77. The highest BCUT2D eigenvalue weighted by molar-refractivity contribution is 6.30. The van der Waals surface area contributed by atoms with Crippen molar-refractivity contribution in [2.45, 2.75) is 37.1 Å². The van der Waals surface area contributed by atoms with Gasteiger partial charge in [-0.3, -0.25) is 9.59 Å². The van der Waals surface area contributed by atoms with Gasteiger partial charge >= 0.3 is 6.18 Å². The molecule has 0 spiro atoms. The van der Waals surface area contributed by atoms with E-state index < -0.39 is 47.8 Å². The molecule has 0 radical (unpaired) electrons. The van der Waals surface area contributed by atoms with Crippen LogP contribution in [-0.4, -0.2) is 40.2 Å². The monoisotopic (exact) mass is 499 g/mol. The van der Waals surface area contributed by atoms with Crippen LogP contribution >= 0.6 is 11.6 Å². The van der Waals surface area contributed by atoms with Crippen molar-refractivity contribution < 1.29 is 37.0 Å². The van der Waals surface area contributed by atoms with Crippen LogP contribution in [0, 0.1) is 5.82 Å². The summed E-state index contributed by atoms with van der Waals surface area (Å²) in [5.74, 6) is -1.95. The fourth-order valence-electron chi connectivity index (χ4n) is 4.04. The number of hydrogen-bond acceptors (Lipinski definition) is 5. The van der Waals surface area contributed by atoms with Crippen molar-refractivity contribution in [2.24, 2.45) is 0 Å². The van der Waals surface area contributed by atoms with Crippen LogP contribution in [0.4, 0.5) is 17.6 Å². The quantitative estimate of drug-likeness (QED) is 0.529. The highest BCUT2D eigenvalue weighted by Gasteiger charge is 2.50. The number of fused-ring (bicyclic) bond motifs is 2. The molecule has 7 nitrogen and oxygen atoms in total. The number of halogens is 5. The third kappa shape index (κ3) is 5.00. The minimum atomic E-state index is -4.68. The van der Waals surface area contributed by atoms with Crippen LogP contribution in [0.2, 0.25) is 5.02 Å². The normalized spacial score (nSPS) is 21.5. The van der Waals surface area contributed by atoms with Gasteiger partial charge in [-0.05, 0) is 42.7 Å². The Morgan fingerprint density at radius 3 is 2.62 bits per heavy atom. The number of hydrogen-bond donors (Lipinski definition) is 3. The Bertz CT molecular complexity index is 1180. The van der Waals surface area contributed by atoms with Gasteiger partial charge in [0.2, 0.25) is 0 Å². The number of aliphatic hydroxyl groups excluding tert-OH is 1. The van der Waals surface area contributed by atoms with E-state index in [4.69, 9.17) is 16.3 Å². The molecule has 180 valence electrons. The largest absolute Gasteiger partial charge is 0.484 e. The van der Waals surface area contributed by atoms with E-state index >= 15 is 0 Å². The molecule has 3 N–H and O–H groups in total. The lowest BCUT2D eigenvalue weighted by atomic mass is 9.63. The second-order valence-electron chi connectivity index (χ2n) is 8.14. The first-order valence-corrected chi connectivity index (χ1v) is 10.5.